The molecule has 2 radical (unpaired) electrons. The summed E-state index contributed by atoms with van der Waals surface area (Å²) in [7, 11) is 5.11. The summed E-state index contributed by atoms with van der Waals surface area (Å²) in [4.78, 5) is 0. The maximum Gasteiger partial charge on any atom is 0.365 e. The molecule has 2 nitrogen and oxygen atoms in total. The van der Waals surface area contributed by atoms with Crippen LogP contribution >= 0.6 is 0 Å². The van der Waals surface area contributed by atoms with Gasteiger partial charge in [-0.05, 0) is 6.04 Å². The van der Waals surface area contributed by atoms with Crippen molar-refractivity contribution in [3.05, 3.63) is 0 Å². The number of hydrogen-bond donors (Lipinski definition) is 2. The average molecular weight is 149 g/mol. The first-order valence-electron chi connectivity index (χ1n) is 2.99. The highest BCUT2D eigenvalue weighted by molar-refractivity contribution is 6.08. The Labute approximate surface area is 60.0 Å². The van der Waals surface area contributed by atoms with Crippen molar-refractivity contribution in [2.24, 2.45) is 0 Å². The zero-order valence-corrected chi connectivity index (χ0v) is 5.77. The highest BCUT2D eigenvalue weighted by Crippen LogP contribution is 2.05. The summed E-state index contributed by atoms with van der Waals surface area (Å²) in [5, 5.41) is 10.3. The largest absolute Gasteiger partial charge is 0.365 e. The Bertz CT molecular complexity index is 96.1. The molecule has 0 heterocycles. The Balaban J connectivity index is 3.36. The van der Waals surface area contributed by atoms with Gasteiger partial charge in [0.15, 0.2) is 0 Å². The third kappa shape index (κ3) is 5.97. The van der Waals surface area contributed by atoms with Crippen molar-refractivity contribution in [3.63, 3.8) is 0 Å². The van der Waals surface area contributed by atoms with E-state index in [4.69, 9.17) is 13.0 Å². The Hall–Kier alpha value is -0.155. The highest BCUT2D eigenvalue weighted by atomic mass is 19.3. The van der Waals surface area contributed by atoms with E-state index in [0.29, 0.717) is 0 Å². The number of nitrogens with one attached hydrogen (secondary N) is 1. The fraction of sp³-hybridized carbons (Fsp3) is 1.00. The monoisotopic (exact) mass is 149 g/mol. The Morgan fingerprint density at radius 2 is 2.20 bits per heavy atom. The van der Waals surface area contributed by atoms with Crippen LogP contribution in [0.5, 0.6) is 0 Å². The Kier molecular flexibility index (Phi) is 3.82. The molecule has 0 aliphatic carbocycles. The molecule has 0 aliphatic heterocycles. The van der Waals surface area contributed by atoms with Gasteiger partial charge in [-0.15, -0.1) is 0 Å². The molecule has 58 valence electrons. The van der Waals surface area contributed by atoms with E-state index in [1.165, 1.54) is 0 Å². The summed E-state index contributed by atoms with van der Waals surface area (Å²) >= 11 is 0. The number of rotatable bonds is 4. The van der Waals surface area contributed by atoms with Gasteiger partial charge in [-0.3, -0.25) is 0 Å². The predicted octanol–water partition coefficient (Wildman–Crippen LogP) is 0.136. The quantitative estimate of drug-likeness (QED) is 0.557. The van der Waals surface area contributed by atoms with Gasteiger partial charge in [-0.2, -0.15) is 8.78 Å². The molecule has 0 aromatic heterocycles. The van der Waals surface area contributed by atoms with Crippen molar-refractivity contribution in [1.29, 1.82) is 0 Å². The van der Waals surface area contributed by atoms with E-state index in [1.54, 1.807) is 6.92 Å². The summed E-state index contributed by atoms with van der Waals surface area (Å²) in [5.74, 6) is 0. The summed E-state index contributed by atoms with van der Waals surface area (Å²) in [6.07, 6.45) is -3.36. The van der Waals surface area contributed by atoms with Gasteiger partial charge >= 0.3 is 6.11 Å². The molecular weight excluding hydrogens is 139 g/mol. The van der Waals surface area contributed by atoms with E-state index in [1.807, 2.05) is 0 Å². The molecule has 0 aromatic carbocycles. The molecule has 1 unspecified atom stereocenters. The third-order valence-electron chi connectivity index (χ3n) is 1.02. The van der Waals surface area contributed by atoms with Crippen LogP contribution < -0.4 is 5.32 Å². The molecule has 0 aromatic rings. The lowest BCUT2D eigenvalue weighted by Crippen LogP contribution is -2.37. The summed E-state index contributed by atoms with van der Waals surface area (Å²) < 4.78 is 23.3. The second kappa shape index (κ2) is 3.88. The number of aliphatic hydroxyl groups is 1. The maximum absolute atomic E-state index is 11.7. The number of hydrogen-bond acceptors (Lipinski definition) is 2. The molecule has 0 rings (SSSR count). The van der Waals surface area contributed by atoms with Gasteiger partial charge in [0.05, 0.1) is 14.4 Å². The second-order valence-electron chi connectivity index (χ2n) is 2.18. The number of halogens is 2. The fourth-order valence-corrected chi connectivity index (χ4v) is 0.380. The summed E-state index contributed by atoms with van der Waals surface area (Å²) in [6.45, 7) is 0.914. The standard InChI is InChI=1S/C5H10BF2NO/c1-4(2-6)9-3-5(7,8)10/h4,9-10H,2-3H2,1H3. The van der Waals surface area contributed by atoms with Crippen molar-refractivity contribution in [3.8, 4) is 0 Å². The van der Waals surface area contributed by atoms with E-state index in [-0.39, 0.29) is 12.4 Å². The van der Waals surface area contributed by atoms with Crippen LogP contribution in [0.2, 0.25) is 6.32 Å². The third-order valence-corrected chi connectivity index (χ3v) is 1.02. The van der Waals surface area contributed by atoms with Gasteiger partial charge in [0.1, 0.15) is 0 Å². The Morgan fingerprint density at radius 3 is 2.50 bits per heavy atom. The van der Waals surface area contributed by atoms with Crippen LogP contribution in [0.3, 0.4) is 0 Å². The molecule has 0 amide bonds. The first-order chi connectivity index (χ1) is 4.45. The van der Waals surface area contributed by atoms with Crippen LogP contribution in [0, 0.1) is 0 Å². The van der Waals surface area contributed by atoms with E-state index in [9.17, 15) is 8.78 Å². The molecule has 10 heavy (non-hydrogen) atoms. The minimum Gasteiger partial charge on any atom is -0.335 e. The molecule has 0 fully saturated rings. The van der Waals surface area contributed by atoms with Gasteiger partial charge in [-0.1, -0.05) is 13.2 Å². The topological polar surface area (TPSA) is 32.3 Å². The van der Waals surface area contributed by atoms with E-state index in [2.05, 4.69) is 5.32 Å². The van der Waals surface area contributed by atoms with Gasteiger partial charge in [0, 0.05) is 0 Å². The highest BCUT2D eigenvalue weighted by Gasteiger charge is 2.23. The molecule has 0 aliphatic rings. The average Bonchev–Trinajstić information content (AvgIpc) is 1.81. The smallest absolute Gasteiger partial charge is 0.335 e. The van der Waals surface area contributed by atoms with Crippen molar-refractivity contribution in [2.45, 2.75) is 25.4 Å². The fourth-order valence-electron chi connectivity index (χ4n) is 0.380. The van der Waals surface area contributed by atoms with Gasteiger partial charge in [-0.25, -0.2) is 0 Å². The van der Waals surface area contributed by atoms with Crippen molar-refractivity contribution < 1.29 is 13.9 Å². The SMILES string of the molecule is [B]CC(C)NCC(O)(F)F. The molecule has 0 spiro atoms. The first-order valence-corrected chi connectivity index (χ1v) is 2.99. The van der Waals surface area contributed by atoms with Crippen molar-refractivity contribution in [2.75, 3.05) is 6.54 Å². The molecule has 1 atom stereocenters. The van der Waals surface area contributed by atoms with E-state index < -0.39 is 12.7 Å². The van der Waals surface area contributed by atoms with Gasteiger partial charge in [0.2, 0.25) is 0 Å². The molecule has 0 saturated carbocycles. The second-order valence-corrected chi connectivity index (χ2v) is 2.18. The first kappa shape index (κ1) is 9.84. The van der Waals surface area contributed by atoms with E-state index in [0.717, 1.165) is 0 Å². The molecule has 5 heteroatoms. The maximum atomic E-state index is 11.7. The van der Waals surface area contributed by atoms with Gasteiger partial charge in [0.25, 0.3) is 0 Å². The van der Waals surface area contributed by atoms with Crippen LogP contribution in [-0.4, -0.2) is 31.6 Å². The number of alkyl halides is 2. The molecule has 0 bridgehead atoms. The lowest BCUT2D eigenvalue weighted by atomic mass is 9.99. The lowest BCUT2D eigenvalue weighted by Gasteiger charge is -2.14. The minimum atomic E-state index is -3.64. The van der Waals surface area contributed by atoms with Crippen LogP contribution in [-0.2, 0) is 0 Å². The normalized spacial score (nSPS) is 15.2. The van der Waals surface area contributed by atoms with Crippen molar-refractivity contribution >= 4 is 7.85 Å². The minimum absolute atomic E-state index is 0.196. The molecule has 2 N–H and O–H groups in total. The Morgan fingerprint density at radius 1 is 1.70 bits per heavy atom. The lowest BCUT2D eigenvalue weighted by molar-refractivity contribution is -0.194. The molecule has 0 saturated heterocycles. The summed E-state index contributed by atoms with van der Waals surface area (Å²) in [6, 6.07) is -0.196. The predicted molar refractivity (Wildman–Crippen MR) is 35.2 cm³/mol. The van der Waals surface area contributed by atoms with E-state index >= 15 is 0 Å². The van der Waals surface area contributed by atoms with Crippen LogP contribution in [0.1, 0.15) is 6.92 Å². The zero-order chi connectivity index (χ0) is 8.20. The van der Waals surface area contributed by atoms with Gasteiger partial charge < -0.3 is 10.4 Å². The van der Waals surface area contributed by atoms with Crippen LogP contribution in [0.25, 0.3) is 0 Å². The van der Waals surface area contributed by atoms with Crippen LogP contribution in [0.4, 0.5) is 8.78 Å². The van der Waals surface area contributed by atoms with Crippen molar-refractivity contribution in [1.82, 2.24) is 5.32 Å². The molecular formula is C5H10BF2NO. The summed E-state index contributed by atoms with van der Waals surface area (Å²) in [5.41, 5.74) is 0. The van der Waals surface area contributed by atoms with Crippen LogP contribution in [0.15, 0.2) is 0 Å². The zero-order valence-electron chi connectivity index (χ0n) is 5.77.